The van der Waals surface area contributed by atoms with E-state index in [1.54, 1.807) is 6.08 Å². The molecule has 0 radical (unpaired) electrons. The van der Waals surface area contributed by atoms with Crippen LogP contribution in [0.25, 0.3) is 0 Å². The Hall–Kier alpha value is -0.630. The van der Waals surface area contributed by atoms with Gasteiger partial charge in [-0.15, -0.1) is 6.58 Å². The quantitative estimate of drug-likeness (QED) is 0.538. The standard InChI is InChI=1S/C13H23NO/c1-3-9-14-10-13(15)12-7-5-11(4-2)6-8-12/h3,11-12,14H,1,4-10H2,2H3. The van der Waals surface area contributed by atoms with E-state index in [0.717, 1.165) is 25.3 Å². The van der Waals surface area contributed by atoms with Crippen LogP contribution in [0.2, 0.25) is 0 Å². The maximum atomic E-state index is 11.8. The molecular formula is C13H23NO. The Balaban J connectivity index is 2.20. The van der Waals surface area contributed by atoms with Crippen molar-refractivity contribution in [3.05, 3.63) is 12.7 Å². The Kier molecular flexibility index (Phi) is 5.62. The predicted octanol–water partition coefficient (Wildman–Crippen LogP) is 2.55. The van der Waals surface area contributed by atoms with Gasteiger partial charge in [0.2, 0.25) is 0 Å². The fourth-order valence-corrected chi connectivity index (χ4v) is 2.33. The van der Waals surface area contributed by atoms with Gasteiger partial charge >= 0.3 is 0 Å². The van der Waals surface area contributed by atoms with Gasteiger partial charge in [-0.2, -0.15) is 0 Å². The fraction of sp³-hybridized carbons (Fsp3) is 0.769. The van der Waals surface area contributed by atoms with Crippen LogP contribution in [-0.4, -0.2) is 18.9 Å². The molecule has 1 rings (SSSR count). The molecule has 0 unspecified atom stereocenters. The minimum atomic E-state index is 0.324. The van der Waals surface area contributed by atoms with Crippen molar-refractivity contribution < 1.29 is 4.79 Å². The summed E-state index contributed by atoms with van der Waals surface area (Å²) in [5, 5.41) is 3.09. The zero-order valence-corrected chi connectivity index (χ0v) is 9.80. The highest BCUT2D eigenvalue weighted by Crippen LogP contribution is 2.30. The summed E-state index contributed by atoms with van der Waals surface area (Å²) >= 11 is 0. The molecule has 2 nitrogen and oxygen atoms in total. The number of nitrogens with one attached hydrogen (secondary N) is 1. The third-order valence-electron chi connectivity index (χ3n) is 3.47. The average Bonchev–Trinajstić information content (AvgIpc) is 2.29. The van der Waals surface area contributed by atoms with Gasteiger partial charge < -0.3 is 5.32 Å². The van der Waals surface area contributed by atoms with E-state index < -0.39 is 0 Å². The van der Waals surface area contributed by atoms with E-state index in [4.69, 9.17) is 0 Å². The number of carbonyl (C=O) groups is 1. The van der Waals surface area contributed by atoms with Crippen molar-refractivity contribution in [3.8, 4) is 0 Å². The molecule has 0 bridgehead atoms. The molecule has 1 aliphatic carbocycles. The second-order valence-corrected chi connectivity index (χ2v) is 4.51. The lowest BCUT2D eigenvalue weighted by molar-refractivity contribution is -0.123. The van der Waals surface area contributed by atoms with Crippen LogP contribution >= 0.6 is 0 Å². The first kappa shape index (κ1) is 12.4. The molecule has 0 aromatic rings. The summed E-state index contributed by atoms with van der Waals surface area (Å²) in [5.41, 5.74) is 0. The number of rotatable bonds is 6. The maximum Gasteiger partial charge on any atom is 0.149 e. The molecule has 0 amide bonds. The lowest BCUT2D eigenvalue weighted by Crippen LogP contribution is -2.30. The van der Waals surface area contributed by atoms with E-state index in [-0.39, 0.29) is 0 Å². The molecule has 1 N–H and O–H groups in total. The highest BCUT2D eigenvalue weighted by Gasteiger charge is 2.24. The Morgan fingerprint density at radius 3 is 2.60 bits per heavy atom. The van der Waals surface area contributed by atoms with Gasteiger partial charge in [0.15, 0.2) is 0 Å². The van der Waals surface area contributed by atoms with Crippen LogP contribution in [-0.2, 0) is 4.79 Å². The highest BCUT2D eigenvalue weighted by atomic mass is 16.1. The summed E-state index contributed by atoms with van der Waals surface area (Å²) in [5.74, 6) is 1.59. The molecule has 0 heterocycles. The Morgan fingerprint density at radius 1 is 1.40 bits per heavy atom. The third-order valence-corrected chi connectivity index (χ3v) is 3.47. The number of Topliss-reactive ketones (excluding diaryl/α,β-unsaturated/α-hetero) is 1. The number of ketones is 1. The molecule has 0 aromatic heterocycles. The van der Waals surface area contributed by atoms with E-state index in [1.165, 1.54) is 19.3 Å². The Bertz CT molecular complexity index is 205. The summed E-state index contributed by atoms with van der Waals surface area (Å²) in [4.78, 5) is 11.8. The maximum absolute atomic E-state index is 11.8. The van der Waals surface area contributed by atoms with Gasteiger partial charge in [0, 0.05) is 12.5 Å². The summed E-state index contributed by atoms with van der Waals surface area (Å²) in [6, 6.07) is 0. The Labute approximate surface area is 93.1 Å². The third kappa shape index (κ3) is 4.17. The number of hydrogen-bond donors (Lipinski definition) is 1. The van der Waals surface area contributed by atoms with Gasteiger partial charge in [-0.3, -0.25) is 4.79 Å². The first-order valence-corrected chi connectivity index (χ1v) is 6.12. The molecule has 0 saturated heterocycles. The number of carbonyl (C=O) groups excluding carboxylic acids is 1. The molecule has 2 heteroatoms. The molecule has 1 saturated carbocycles. The fourth-order valence-electron chi connectivity index (χ4n) is 2.33. The molecule has 0 aromatic carbocycles. The first-order chi connectivity index (χ1) is 7.27. The van der Waals surface area contributed by atoms with Crippen molar-refractivity contribution >= 4 is 5.78 Å². The smallest absolute Gasteiger partial charge is 0.149 e. The second kappa shape index (κ2) is 6.78. The normalized spacial score (nSPS) is 26.2. The highest BCUT2D eigenvalue weighted by molar-refractivity contribution is 5.83. The minimum absolute atomic E-state index is 0.324. The molecule has 0 spiro atoms. The van der Waals surface area contributed by atoms with E-state index >= 15 is 0 Å². The van der Waals surface area contributed by atoms with Crippen LogP contribution in [0, 0.1) is 11.8 Å². The molecule has 1 aliphatic rings. The summed E-state index contributed by atoms with van der Waals surface area (Å²) < 4.78 is 0. The van der Waals surface area contributed by atoms with Crippen LogP contribution in [0.1, 0.15) is 39.0 Å². The van der Waals surface area contributed by atoms with E-state index in [1.807, 2.05) is 0 Å². The van der Waals surface area contributed by atoms with Crippen molar-refractivity contribution in [1.82, 2.24) is 5.32 Å². The van der Waals surface area contributed by atoms with E-state index in [2.05, 4.69) is 18.8 Å². The average molecular weight is 209 g/mol. The Morgan fingerprint density at radius 2 is 2.07 bits per heavy atom. The van der Waals surface area contributed by atoms with Gasteiger partial charge in [0.05, 0.1) is 6.54 Å². The molecule has 0 aliphatic heterocycles. The monoisotopic (exact) mass is 209 g/mol. The summed E-state index contributed by atoms with van der Waals surface area (Å²) in [6.07, 6.45) is 7.76. The van der Waals surface area contributed by atoms with Gasteiger partial charge in [-0.25, -0.2) is 0 Å². The lowest BCUT2D eigenvalue weighted by Gasteiger charge is -2.26. The van der Waals surface area contributed by atoms with Crippen molar-refractivity contribution in [2.24, 2.45) is 11.8 Å². The molecular weight excluding hydrogens is 186 g/mol. The van der Waals surface area contributed by atoms with Crippen LogP contribution < -0.4 is 5.32 Å². The van der Waals surface area contributed by atoms with Crippen LogP contribution in [0.5, 0.6) is 0 Å². The summed E-state index contributed by atoms with van der Waals surface area (Å²) in [6.45, 7) is 7.12. The van der Waals surface area contributed by atoms with Crippen molar-refractivity contribution in [3.63, 3.8) is 0 Å². The van der Waals surface area contributed by atoms with E-state index in [9.17, 15) is 4.79 Å². The second-order valence-electron chi connectivity index (χ2n) is 4.51. The van der Waals surface area contributed by atoms with Crippen molar-refractivity contribution in [1.29, 1.82) is 0 Å². The first-order valence-electron chi connectivity index (χ1n) is 6.12. The number of hydrogen-bond acceptors (Lipinski definition) is 2. The van der Waals surface area contributed by atoms with Gasteiger partial charge in [-0.05, 0) is 31.6 Å². The lowest BCUT2D eigenvalue weighted by atomic mass is 9.79. The minimum Gasteiger partial charge on any atom is -0.307 e. The zero-order valence-electron chi connectivity index (χ0n) is 9.80. The van der Waals surface area contributed by atoms with Crippen LogP contribution in [0.4, 0.5) is 0 Å². The van der Waals surface area contributed by atoms with Crippen molar-refractivity contribution in [2.45, 2.75) is 39.0 Å². The topological polar surface area (TPSA) is 29.1 Å². The van der Waals surface area contributed by atoms with Crippen molar-refractivity contribution in [2.75, 3.05) is 13.1 Å². The SMILES string of the molecule is C=CCNCC(=O)C1CCC(CC)CC1. The van der Waals surface area contributed by atoms with Gasteiger partial charge in [0.1, 0.15) is 5.78 Å². The molecule has 15 heavy (non-hydrogen) atoms. The zero-order chi connectivity index (χ0) is 11.1. The molecule has 86 valence electrons. The van der Waals surface area contributed by atoms with Crippen LogP contribution in [0.15, 0.2) is 12.7 Å². The van der Waals surface area contributed by atoms with Gasteiger partial charge in [0.25, 0.3) is 0 Å². The van der Waals surface area contributed by atoms with E-state index in [0.29, 0.717) is 18.2 Å². The summed E-state index contributed by atoms with van der Waals surface area (Å²) in [7, 11) is 0. The van der Waals surface area contributed by atoms with Gasteiger partial charge in [-0.1, -0.05) is 19.4 Å². The molecule has 1 fully saturated rings. The predicted molar refractivity (Wildman–Crippen MR) is 63.8 cm³/mol. The van der Waals surface area contributed by atoms with Crippen LogP contribution in [0.3, 0.4) is 0 Å². The largest absolute Gasteiger partial charge is 0.307 e. The molecule has 0 atom stereocenters.